The highest BCUT2D eigenvalue weighted by Gasteiger charge is 2.34. The van der Waals surface area contributed by atoms with E-state index < -0.39 is 0 Å². The molecule has 1 aromatic heterocycles. The predicted molar refractivity (Wildman–Crippen MR) is 74.9 cm³/mol. The van der Waals surface area contributed by atoms with Crippen molar-refractivity contribution in [1.82, 2.24) is 10.1 Å². The van der Waals surface area contributed by atoms with Crippen molar-refractivity contribution in [2.45, 2.75) is 26.2 Å². The zero-order chi connectivity index (χ0) is 14.3. The fourth-order valence-electron chi connectivity index (χ4n) is 2.36. The lowest BCUT2D eigenvalue weighted by molar-refractivity contribution is -0.117. The summed E-state index contributed by atoms with van der Waals surface area (Å²) in [5, 5.41) is 4.56. The summed E-state index contributed by atoms with van der Waals surface area (Å²) in [5.74, 6) is 1.14. The van der Waals surface area contributed by atoms with Crippen LogP contribution in [0.2, 0.25) is 5.02 Å². The molecule has 2 aromatic rings. The lowest BCUT2D eigenvalue weighted by atomic mass is 10.1. The van der Waals surface area contributed by atoms with Crippen LogP contribution >= 0.6 is 11.6 Å². The number of hydrogen-bond acceptors (Lipinski definition) is 4. The Balaban J connectivity index is 1.85. The molecule has 0 spiro atoms. The first-order valence-corrected chi connectivity index (χ1v) is 6.79. The van der Waals surface area contributed by atoms with Crippen molar-refractivity contribution in [2.75, 3.05) is 11.4 Å². The smallest absolute Gasteiger partial charge is 0.227 e. The molecule has 3 rings (SSSR count). The molecule has 1 saturated heterocycles. The zero-order valence-corrected chi connectivity index (χ0v) is 12.0. The highest BCUT2D eigenvalue weighted by atomic mass is 35.5. The number of rotatable bonds is 2. The van der Waals surface area contributed by atoms with Gasteiger partial charge in [-0.2, -0.15) is 4.98 Å². The summed E-state index contributed by atoms with van der Waals surface area (Å²) in [6, 6.07) is 5.64. The van der Waals surface area contributed by atoms with Gasteiger partial charge in [0.15, 0.2) is 5.82 Å². The van der Waals surface area contributed by atoms with Gasteiger partial charge in [-0.3, -0.25) is 4.79 Å². The molecule has 0 aliphatic carbocycles. The Labute approximate surface area is 121 Å². The fourth-order valence-corrected chi connectivity index (χ4v) is 2.54. The third-order valence-corrected chi connectivity index (χ3v) is 3.91. The molecule has 5 nitrogen and oxygen atoms in total. The summed E-state index contributed by atoms with van der Waals surface area (Å²) in [6.45, 7) is 4.23. The van der Waals surface area contributed by atoms with Crippen LogP contribution in [0.5, 0.6) is 0 Å². The minimum absolute atomic E-state index is 0.0278. The Kier molecular flexibility index (Phi) is 3.22. The molecule has 0 N–H and O–H groups in total. The summed E-state index contributed by atoms with van der Waals surface area (Å²) in [7, 11) is 0. The summed E-state index contributed by atoms with van der Waals surface area (Å²) < 4.78 is 4.98. The molecule has 1 aliphatic heterocycles. The molecule has 104 valence electrons. The summed E-state index contributed by atoms with van der Waals surface area (Å²) in [6.07, 6.45) is 0.393. The molecule has 1 aliphatic rings. The van der Waals surface area contributed by atoms with Crippen LogP contribution in [0, 0.1) is 13.8 Å². The molecule has 0 bridgehead atoms. The van der Waals surface area contributed by atoms with E-state index in [4.69, 9.17) is 16.1 Å². The minimum atomic E-state index is -0.0278. The molecule has 2 heterocycles. The van der Waals surface area contributed by atoms with Gasteiger partial charge in [0.2, 0.25) is 11.8 Å². The number of anilines is 1. The van der Waals surface area contributed by atoms with Gasteiger partial charge in [0.1, 0.15) is 0 Å². The van der Waals surface area contributed by atoms with Gasteiger partial charge in [-0.25, -0.2) is 0 Å². The highest BCUT2D eigenvalue weighted by Crippen LogP contribution is 2.32. The van der Waals surface area contributed by atoms with Crippen molar-refractivity contribution < 1.29 is 9.32 Å². The van der Waals surface area contributed by atoms with Crippen molar-refractivity contribution in [1.29, 1.82) is 0 Å². The lowest BCUT2D eigenvalue weighted by Gasteiger charge is -2.17. The molecule has 20 heavy (non-hydrogen) atoms. The van der Waals surface area contributed by atoms with Crippen LogP contribution in [-0.4, -0.2) is 22.6 Å². The van der Waals surface area contributed by atoms with E-state index in [2.05, 4.69) is 10.1 Å². The number of carbonyl (C=O) groups excluding carboxylic acids is 1. The number of aryl methyl sites for hydroxylation is 2. The van der Waals surface area contributed by atoms with Gasteiger partial charge < -0.3 is 9.42 Å². The maximum Gasteiger partial charge on any atom is 0.227 e. The number of carbonyl (C=O) groups is 1. The average Bonchev–Trinajstić information content (AvgIpc) is 2.99. The van der Waals surface area contributed by atoms with Crippen LogP contribution < -0.4 is 4.90 Å². The maximum atomic E-state index is 12.2. The normalized spacial score (nSPS) is 18.9. The lowest BCUT2D eigenvalue weighted by Crippen LogP contribution is -2.24. The van der Waals surface area contributed by atoms with E-state index in [9.17, 15) is 4.79 Å². The van der Waals surface area contributed by atoms with Gasteiger partial charge in [0, 0.05) is 36.5 Å². The number of amides is 1. The standard InChI is InChI=1S/C14H14ClN3O2/c1-8-3-4-11(6-12(8)15)18-7-10(5-13(18)19)14-16-9(2)20-17-14/h3-4,6,10H,5,7H2,1-2H3. The minimum Gasteiger partial charge on any atom is -0.340 e. The fraction of sp³-hybridized carbons (Fsp3) is 0.357. The first-order valence-electron chi connectivity index (χ1n) is 6.41. The highest BCUT2D eigenvalue weighted by molar-refractivity contribution is 6.31. The zero-order valence-electron chi connectivity index (χ0n) is 11.3. The van der Waals surface area contributed by atoms with Gasteiger partial charge in [0.25, 0.3) is 0 Å². The molecular formula is C14H14ClN3O2. The van der Waals surface area contributed by atoms with Crippen molar-refractivity contribution in [2.24, 2.45) is 0 Å². The summed E-state index contributed by atoms with van der Waals surface area (Å²) in [5.41, 5.74) is 1.81. The average molecular weight is 292 g/mol. The van der Waals surface area contributed by atoms with E-state index in [1.807, 2.05) is 25.1 Å². The SMILES string of the molecule is Cc1nc(C2CC(=O)N(c3ccc(C)c(Cl)c3)C2)no1. The van der Waals surface area contributed by atoms with E-state index in [-0.39, 0.29) is 11.8 Å². The molecule has 1 fully saturated rings. The third-order valence-electron chi connectivity index (χ3n) is 3.50. The molecule has 6 heteroatoms. The molecule has 1 aromatic carbocycles. The van der Waals surface area contributed by atoms with Crippen molar-refractivity contribution in [3.8, 4) is 0 Å². The Hall–Kier alpha value is -1.88. The molecule has 1 amide bonds. The van der Waals surface area contributed by atoms with E-state index in [1.165, 1.54) is 0 Å². The van der Waals surface area contributed by atoms with Crippen molar-refractivity contribution in [3.63, 3.8) is 0 Å². The van der Waals surface area contributed by atoms with Crippen LogP contribution in [0.25, 0.3) is 0 Å². The molecule has 0 radical (unpaired) electrons. The van der Waals surface area contributed by atoms with Crippen LogP contribution in [0.15, 0.2) is 22.7 Å². The number of nitrogens with zero attached hydrogens (tertiary/aromatic N) is 3. The Morgan fingerprint density at radius 1 is 1.40 bits per heavy atom. The first-order chi connectivity index (χ1) is 9.54. The quantitative estimate of drug-likeness (QED) is 0.853. The number of hydrogen-bond donors (Lipinski definition) is 0. The predicted octanol–water partition coefficient (Wildman–Crippen LogP) is 2.86. The van der Waals surface area contributed by atoms with E-state index >= 15 is 0 Å². The number of benzene rings is 1. The van der Waals surface area contributed by atoms with Crippen LogP contribution in [0.3, 0.4) is 0 Å². The van der Waals surface area contributed by atoms with Gasteiger partial charge in [-0.15, -0.1) is 0 Å². The van der Waals surface area contributed by atoms with E-state index in [0.717, 1.165) is 11.3 Å². The Morgan fingerprint density at radius 2 is 2.20 bits per heavy atom. The third kappa shape index (κ3) is 2.29. The largest absolute Gasteiger partial charge is 0.340 e. The summed E-state index contributed by atoms with van der Waals surface area (Å²) in [4.78, 5) is 18.1. The monoisotopic (exact) mass is 291 g/mol. The van der Waals surface area contributed by atoms with Crippen molar-refractivity contribution >= 4 is 23.2 Å². The first kappa shape index (κ1) is 13.1. The molecule has 1 unspecified atom stereocenters. The van der Waals surface area contributed by atoms with Crippen LogP contribution in [-0.2, 0) is 4.79 Å². The van der Waals surface area contributed by atoms with Crippen molar-refractivity contribution in [3.05, 3.63) is 40.5 Å². The summed E-state index contributed by atoms with van der Waals surface area (Å²) >= 11 is 6.12. The van der Waals surface area contributed by atoms with Gasteiger partial charge in [-0.05, 0) is 24.6 Å². The Bertz CT molecular complexity index is 668. The number of halogens is 1. The van der Waals surface area contributed by atoms with Crippen LogP contribution in [0.1, 0.15) is 29.6 Å². The van der Waals surface area contributed by atoms with Gasteiger partial charge in [-0.1, -0.05) is 22.8 Å². The second-order valence-electron chi connectivity index (χ2n) is 5.01. The number of aromatic nitrogens is 2. The molecule has 1 atom stereocenters. The van der Waals surface area contributed by atoms with E-state index in [0.29, 0.717) is 29.7 Å². The maximum absolute atomic E-state index is 12.2. The van der Waals surface area contributed by atoms with Gasteiger partial charge in [0.05, 0.1) is 0 Å². The molecular weight excluding hydrogens is 278 g/mol. The molecule has 0 saturated carbocycles. The van der Waals surface area contributed by atoms with Crippen LogP contribution in [0.4, 0.5) is 5.69 Å². The Morgan fingerprint density at radius 3 is 2.85 bits per heavy atom. The second-order valence-corrected chi connectivity index (χ2v) is 5.42. The van der Waals surface area contributed by atoms with Gasteiger partial charge >= 0.3 is 0 Å². The second kappa shape index (κ2) is 4.90. The van der Waals surface area contributed by atoms with E-state index in [1.54, 1.807) is 11.8 Å². The topological polar surface area (TPSA) is 59.2 Å².